The van der Waals surface area contributed by atoms with Gasteiger partial charge in [0.25, 0.3) is 5.91 Å². The van der Waals surface area contributed by atoms with Gasteiger partial charge in [-0.3, -0.25) is 9.89 Å². The third-order valence-electron chi connectivity index (χ3n) is 5.46. The van der Waals surface area contributed by atoms with Gasteiger partial charge in [0.15, 0.2) is 11.5 Å². The van der Waals surface area contributed by atoms with Crippen LogP contribution in [0.15, 0.2) is 55.1 Å². The van der Waals surface area contributed by atoms with E-state index in [4.69, 9.17) is 15.5 Å². The molecule has 10 nitrogen and oxygen atoms in total. The normalized spacial score (nSPS) is 11.2. The maximum atomic E-state index is 11.8. The van der Waals surface area contributed by atoms with E-state index in [1.807, 2.05) is 35.0 Å². The smallest absolute Gasteiger partial charge is 0.252 e. The number of carbonyl (C=O) groups is 1. The van der Waals surface area contributed by atoms with E-state index in [9.17, 15) is 9.90 Å². The molecular weight excluding hydrogens is 422 g/mol. The highest BCUT2D eigenvalue weighted by molar-refractivity contribution is 5.97. The molecule has 0 saturated heterocycles. The number of imidazole rings is 1. The molecule has 0 fully saturated rings. The average molecular weight is 443 g/mol. The number of nitrogens with zero attached hydrogens (tertiary/aromatic N) is 4. The number of aromatic amines is 1. The fraction of sp³-hybridized carbons (Fsp3) is 0.130. The predicted octanol–water partition coefficient (Wildman–Crippen LogP) is 2.66. The highest BCUT2D eigenvalue weighted by Gasteiger charge is 2.19. The van der Waals surface area contributed by atoms with Crippen molar-refractivity contribution in [2.24, 2.45) is 5.73 Å². The van der Waals surface area contributed by atoms with Crippen LogP contribution in [0.1, 0.15) is 15.9 Å². The maximum absolute atomic E-state index is 11.8. The molecule has 3 aromatic heterocycles. The fourth-order valence-electron chi connectivity index (χ4n) is 3.91. The summed E-state index contributed by atoms with van der Waals surface area (Å²) < 4.78 is 7.34. The standard InChI is InChI=1S/C23H21N7O3/c1-33-20-15(6-9-31)17(5-4-16(20)21(24)32)27-22-23-25-7-8-30(23)12-19(28-22)13-2-3-14-11-26-29-18(14)10-13/h2-5,7-8,10-12,31H,6,9H2,1H3,(H2,24,32)(H,26,29)(H,27,28). The van der Waals surface area contributed by atoms with Gasteiger partial charge >= 0.3 is 0 Å². The largest absolute Gasteiger partial charge is 0.496 e. The lowest BCUT2D eigenvalue weighted by atomic mass is 10.0. The van der Waals surface area contributed by atoms with Gasteiger partial charge in [-0.25, -0.2) is 9.97 Å². The van der Waals surface area contributed by atoms with Gasteiger partial charge in [-0.15, -0.1) is 0 Å². The van der Waals surface area contributed by atoms with Crippen LogP contribution in [0.5, 0.6) is 5.75 Å². The van der Waals surface area contributed by atoms with E-state index in [0.29, 0.717) is 28.5 Å². The molecule has 0 aliphatic rings. The summed E-state index contributed by atoms with van der Waals surface area (Å²) in [7, 11) is 1.46. The highest BCUT2D eigenvalue weighted by Crippen LogP contribution is 2.34. The summed E-state index contributed by atoms with van der Waals surface area (Å²) in [5, 5.41) is 21.0. The van der Waals surface area contributed by atoms with Crippen molar-refractivity contribution in [2.45, 2.75) is 6.42 Å². The third kappa shape index (κ3) is 3.62. The lowest BCUT2D eigenvalue weighted by molar-refractivity contribution is 0.0997. The Bertz CT molecular complexity index is 1490. The van der Waals surface area contributed by atoms with Crippen LogP contribution in [0.4, 0.5) is 11.5 Å². The number of amides is 1. The first-order valence-electron chi connectivity index (χ1n) is 10.2. The highest BCUT2D eigenvalue weighted by atomic mass is 16.5. The van der Waals surface area contributed by atoms with Crippen molar-refractivity contribution in [3.05, 3.63) is 66.2 Å². The molecule has 5 rings (SSSR count). The molecule has 5 aromatic rings. The van der Waals surface area contributed by atoms with E-state index < -0.39 is 5.91 Å². The quantitative estimate of drug-likeness (QED) is 0.303. The molecule has 166 valence electrons. The molecule has 0 saturated carbocycles. The molecular formula is C23H21N7O3. The summed E-state index contributed by atoms with van der Waals surface area (Å²) >= 11 is 0. The number of hydrogen-bond donors (Lipinski definition) is 4. The summed E-state index contributed by atoms with van der Waals surface area (Å²) in [6.45, 7) is -0.135. The van der Waals surface area contributed by atoms with Crippen LogP contribution < -0.4 is 15.8 Å². The van der Waals surface area contributed by atoms with Crippen LogP contribution in [0.3, 0.4) is 0 Å². The number of methoxy groups -OCH3 is 1. The van der Waals surface area contributed by atoms with Crippen molar-refractivity contribution in [1.82, 2.24) is 24.6 Å². The maximum Gasteiger partial charge on any atom is 0.252 e. The molecule has 1 amide bonds. The number of rotatable bonds is 7. The van der Waals surface area contributed by atoms with Crippen LogP contribution in [0.25, 0.3) is 27.8 Å². The summed E-state index contributed by atoms with van der Waals surface area (Å²) in [4.78, 5) is 21.1. The van der Waals surface area contributed by atoms with Crippen molar-refractivity contribution in [1.29, 1.82) is 0 Å². The molecule has 2 aromatic carbocycles. The lowest BCUT2D eigenvalue weighted by Crippen LogP contribution is -2.15. The minimum Gasteiger partial charge on any atom is -0.496 e. The zero-order valence-electron chi connectivity index (χ0n) is 17.7. The molecule has 0 spiro atoms. The minimum absolute atomic E-state index is 0.135. The van der Waals surface area contributed by atoms with Crippen LogP contribution in [-0.4, -0.2) is 49.3 Å². The van der Waals surface area contributed by atoms with Crippen LogP contribution in [0.2, 0.25) is 0 Å². The number of anilines is 2. The molecule has 0 bridgehead atoms. The Kier molecular flexibility index (Phi) is 5.11. The zero-order valence-corrected chi connectivity index (χ0v) is 17.7. The number of H-pyrrole nitrogens is 1. The summed E-state index contributed by atoms with van der Waals surface area (Å²) in [6.07, 6.45) is 7.45. The van der Waals surface area contributed by atoms with E-state index in [-0.39, 0.29) is 18.6 Å². The molecule has 10 heteroatoms. The molecule has 33 heavy (non-hydrogen) atoms. The monoisotopic (exact) mass is 443 g/mol. The average Bonchev–Trinajstić information content (AvgIpc) is 3.48. The molecule has 5 N–H and O–H groups in total. The van der Waals surface area contributed by atoms with Crippen molar-refractivity contribution in [2.75, 3.05) is 19.0 Å². The molecule has 0 atom stereocenters. The van der Waals surface area contributed by atoms with Crippen molar-refractivity contribution in [3.63, 3.8) is 0 Å². The Balaban J connectivity index is 1.63. The van der Waals surface area contributed by atoms with E-state index in [1.54, 1.807) is 24.5 Å². The van der Waals surface area contributed by atoms with Crippen LogP contribution >= 0.6 is 0 Å². The number of benzene rings is 2. The number of aliphatic hydroxyl groups is 1. The first kappa shape index (κ1) is 20.5. The van der Waals surface area contributed by atoms with Gasteiger partial charge in [-0.2, -0.15) is 5.10 Å². The number of ether oxygens (including phenoxy) is 1. The second-order valence-corrected chi connectivity index (χ2v) is 7.44. The Morgan fingerprint density at radius 1 is 1.30 bits per heavy atom. The zero-order chi connectivity index (χ0) is 22.9. The van der Waals surface area contributed by atoms with Crippen molar-refractivity contribution in [3.8, 4) is 17.0 Å². The van der Waals surface area contributed by atoms with Gasteiger partial charge in [0, 0.05) is 53.8 Å². The van der Waals surface area contributed by atoms with Gasteiger partial charge in [-0.1, -0.05) is 12.1 Å². The number of nitrogens with one attached hydrogen (secondary N) is 2. The number of carbonyl (C=O) groups excluding carboxylic acids is 1. The topological polar surface area (TPSA) is 143 Å². The van der Waals surface area contributed by atoms with Crippen LogP contribution in [0, 0.1) is 0 Å². The molecule has 0 unspecified atom stereocenters. The Morgan fingerprint density at radius 2 is 2.18 bits per heavy atom. The number of aromatic nitrogens is 5. The Morgan fingerprint density at radius 3 is 2.97 bits per heavy atom. The number of fused-ring (bicyclic) bond motifs is 2. The van der Waals surface area contributed by atoms with E-state index in [1.165, 1.54) is 7.11 Å². The van der Waals surface area contributed by atoms with Gasteiger partial charge in [0.1, 0.15) is 5.75 Å². The van der Waals surface area contributed by atoms with E-state index >= 15 is 0 Å². The van der Waals surface area contributed by atoms with Gasteiger partial charge in [0.05, 0.1) is 30.1 Å². The van der Waals surface area contributed by atoms with Crippen molar-refractivity contribution >= 4 is 34.0 Å². The summed E-state index contributed by atoms with van der Waals surface area (Å²) in [5.74, 6) is 0.222. The molecule has 3 heterocycles. The molecule has 0 radical (unpaired) electrons. The number of nitrogens with two attached hydrogens (primary N) is 1. The third-order valence-corrected chi connectivity index (χ3v) is 5.46. The fourth-order valence-corrected chi connectivity index (χ4v) is 3.91. The second-order valence-electron chi connectivity index (χ2n) is 7.44. The first-order chi connectivity index (χ1) is 16.1. The van der Waals surface area contributed by atoms with Gasteiger partial charge in [-0.05, 0) is 18.2 Å². The summed E-state index contributed by atoms with van der Waals surface area (Å²) in [6, 6.07) is 9.25. The molecule has 0 aliphatic carbocycles. The van der Waals surface area contributed by atoms with Gasteiger partial charge < -0.3 is 25.3 Å². The number of primary amides is 1. The van der Waals surface area contributed by atoms with E-state index in [2.05, 4.69) is 20.5 Å². The molecule has 0 aliphatic heterocycles. The number of hydrogen-bond acceptors (Lipinski definition) is 7. The number of aliphatic hydroxyl groups excluding tert-OH is 1. The summed E-state index contributed by atoms with van der Waals surface area (Å²) in [5.41, 5.74) is 10.1. The Labute approximate surface area is 188 Å². The van der Waals surface area contributed by atoms with Crippen molar-refractivity contribution < 1.29 is 14.6 Å². The Hall–Kier alpha value is -4.44. The minimum atomic E-state index is -0.609. The lowest BCUT2D eigenvalue weighted by Gasteiger charge is -2.17. The first-order valence-corrected chi connectivity index (χ1v) is 10.2. The van der Waals surface area contributed by atoms with Crippen LogP contribution in [-0.2, 0) is 6.42 Å². The second kappa shape index (κ2) is 8.24. The predicted molar refractivity (Wildman–Crippen MR) is 124 cm³/mol. The SMILES string of the molecule is COc1c(C(N)=O)ccc(Nc2nc(-c3ccc4cn[nH]c4c3)cn3ccnc23)c1CCO. The van der Waals surface area contributed by atoms with Gasteiger partial charge in [0.2, 0.25) is 0 Å². The van der Waals surface area contributed by atoms with E-state index in [0.717, 1.165) is 22.2 Å².